The van der Waals surface area contributed by atoms with E-state index in [-0.39, 0.29) is 17.5 Å². The molecule has 0 radical (unpaired) electrons. The van der Waals surface area contributed by atoms with Gasteiger partial charge in [-0.25, -0.2) is 0 Å². The number of para-hydroxylation sites is 2. The van der Waals surface area contributed by atoms with E-state index in [2.05, 4.69) is 20.5 Å². The van der Waals surface area contributed by atoms with Crippen LogP contribution in [0.2, 0.25) is 0 Å². The molecule has 3 amide bonds. The molecule has 0 unspecified atom stereocenters. The van der Waals surface area contributed by atoms with Gasteiger partial charge in [-0.15, -0.1) is 0 Å². The molecule has 2 aliphatic heterocycles. The Morgan fingerprint density at radius 2 is 1.81 bits per heavy atom. The van der Waals surface area contributed by atoms with E-state index in [0.29, 0.717) is 18.5 Å². The van der Waals surface area contributed by atoms with Gasteiger partial charge in [-0.2, -0.15) is 0 Å². The van der Waals surface area contributed by atoms with Crippen LogP contribution >= 0.6 is 0 Å². The van der Waals surface area contributed by atoms with Crippen molar-refractivity contribution in [1.29, 1.82) is 0 Å². The summed E-state index contributed by atoms with van der Waals surface area (Å²) in [6.07, 6.45) is 0.716. The van der Waals surface area contributed by atoms with Crippen molar-refractivity contribution in [2.24, 2.45) is 5.92 Å². The summed E-state index contributed by atoms with van der Waals surface area (Å²) in [6.45, 7) is 2.83. The van der Waals surface area contributed by atoms with Crippen molar-refractivity contribution in [1.82, 2.24) is 15.2 Å². The highest BCUT2D eigenvalue weighted by Crippen LogP contribution is 2.40. The predicted molar refractivity (Wildman–Crippen MR) is 118 cm³/mol. The van der Waals surface area contributed by atoms with Crippen LogP contribution in [0.3, 0.4) is 0 Å². The summed E-state index contributed by atoms with van der Waals surface area (Å²) in [4.78, 5) is 37.0. The molecule has 5 rings (SSSR count). The van der Waals surface area contributed by atoms with E-state index < -0.39 is 11.8 Å². The van der Waals surface area contributed by atoms with Gasteiger partial charge in [-0.3, -0.25) is 19.7 Å². The quantitative estimate of drug-likeness (QED) is 0.559. The molecule has 3 aromatic rings. The number of aromatic nitrogens is 1. The van der Waals surface area contributed by atoms with Crippen LogP contribution in [0.4, 0.5) is 5.69 Å². The molecule has 0 saturated heterocycles. The Balaban J connectivity index is 1.64. The zero-order valence-electron chi connectivity index (χ0n) is 17.1. The number of carbonyl (C=O) groups is 3. The maximum atomic E-state index is 12.9. The van der Waals surface area contributed by atoms with Crippen LogP contribution in [0, 0.1) is 5.92 Å². The molecule has 2 aliphatic rings. The van der Waals surface area contributed by atoms with Gasteiger partial charge in [-0.1, -0.05) is 36.4 Å². The van der Waals surface area contributed by atoms with Crippen molar-refractivity contribution in [2.45, 2.75) is 19.9 Å². The van der Waals surface area contributed by atoms with Crippen molar-refractivity contribution in [3.8, 4) is 0 Å². The van der Waals surface area contributed by atoms with E-state index in [1.165, 1.54) is 6.92 Å². The fraction of sp³-hybridized carbons (Fsp3) is 0.208. The summed E-state index contributed by atoms with van der Waals surface area (Å²) in [5.74, 6) is -0.651. The lowest BCUT2D eigenvalue weighted by Crippen LogP contribution is -2.27. The molecule has 1 aromatic heterocycles. The normalized spacial score (nSPS) is 17.8. The molecule has 0 fully saturated rings. The fourth-order valence-electron chi connectivity index (χ4n) is 4.56. The lowest BCUT2D eigenvalue weighted by Gasteiger charge is -2.11. The molecule has 0 bridgehead atoms. The Morgan fingerprint density at radius 3 is 2.58 bits per heavy atom. The highest BCUT2D eigenvalue weighted by Gasteiger charge is 2.37. The molecule has 7 nitrogen and oxygen atoms in total. The highest BCUT2D eigenvalue weighted by molar-refractivity contribution is 6.38. The predicted octanol–water partition coefficient (Wildman–Crippen LogP) is 2.43. The summed E-state index contributed by atoms with van der Waals surface area (Å²) in [7, 11) is 0. The Kier molecular flexibility index (Phi) is 4.58. The molecule has 156 valence electrons. The molecular formula is C24H22N4O3. The average Bonchev–Trinajstić information content (AvgIpc) is 3.38. The summed E-state index contributed by atoms with van der Waals surface area (Å²) in [5, 5.41) is 9.44. The monoisotopic (exact) mass is 414 g/mol. The average molecular weight is 414 g/mol. The van der Waals surface area contributed by atoms with Crippen LogP contribution in [0.25, 0.3) is 16.5 Å². The van der Waals surface area contributed by atoms with E-state index in [1.54, 1.807) is 0 Å². The Morgan fingerprint density at radius 1 is 1.06 bits per heavy atom. The van der Waals surface area contributed by atoms with Gasteiger partial charge >= 0.3 is 0 Å². The van der Waals surface area contributed by atoms with E-state index >= 15 is 0 Å². The van der Waals surface area contributed by atoms with Crippen molar-refractivity contribution in [3.63, 3.8) is 0 Å². The van der Waals surface area contributed by atoms with Crippen LogP contribution in [0.5, 0.6) is 0 Å². The number of nitrogens with one attached hydrogen (secondary N) is 3. The minimum atomic E-state index is -0.430. The van der Waals surface area contributed by atoms with Crippen molar-refractivity contribution in [2.75, 3.05) is 11.9 Å². The molecule has 0 saturated carbocycles. The minimum absolute atomic E-state index is 0.0560. The largest absolute Gasteiger partial charge is 0.356 e. The van der Waals surface area contributed by atoms with E-state index in [0.717, 1.165) is 34.4 Å². The molecule has 7 heteroatoms. The maximum Gasteiger partial charge on any atom is 0.275 e. The Bertz CT molecular complexity index is 1260. The zero-order valence-corrected chi connectivity index (χ0v) is 17.1. The number of imide groups is 1. The number of nitrogens with zero attached hydrogens (tertiary/aromatic N) is 1. The third-order valence-corrected chi connectivity index (χ3v) is 5.87. The number of fused-ring (bicyclic) bond motifs is 3. The lowest BCUT2D eigenvalue weighted by atomic mass is 9.96. The first-order valence-corrected chi connectivity index (χ1v) is 10.3. The summed E-state index contributed by atoms with van der Waals surface area (Å²) in [6, 6.07) is 17.3. The van der Waals surface area contributed by atoms with Gasteiger partial charge in [0.1, 0.15) is 5.70 Å². The number of rotatable bonds is 5. The third kappa shape index (κ3) is 3.28. The van der Waals surface area contributed by atoms with Gasteiger partial charge in [0.2, 0.25) is 5.91 Å². The number of hydrogen-bond donors (Lipinski definition) is 3. The lowest BCUT2D eigenvalue weighted by molar-refractivity contribution is -0.123. The maximum absolute atomic E-state index is 12.9. The van der Waals surface area contributed by atoms with E-state index in [4.69, 9.17) is 0 Å². The first-order valence-electron chi connectivity index (χ1n) is 10.3. The Hall–Kier alpha value is -3.87. The van der Waals surface area contributed by atoms with Crippen molar-refractivity contribution >= 4 is 39.9 Å². The van der Waals surface area contributed by atoms with Gasteiger partial charge in [0.25, 0.3) is 11.8 Å². The second-order valence-electron chi connectivity index (χ2n) is 7.98. The smallest absolute Gasteiger partial charge is 0.275 e. The van der Waals surface area contributed by atoms with Crippen LogP contribution in [-0.4, -0.2) is 28.8 Å². The second-order valence-corrected chi connectivity index (χ2v) is 7.98. The minimum Gasteiger partial charge on any atom is -0.356 e. The molecule has 3 N–H and O–H groups in total. The molecule has 3 heterocycles. The molecule has 2 aromatic carbocycles. The first-order chi connectivity index (χ1) is 15.0. The second kappa shape index (κ2) is 7.43. The third-order valence-electron chi connectivity index (χ3n) is 5.87. The number of anilines is 1. The van der Waals surface area contributed by atoms with Gasteiger partial charge < -0.3 is 15.2 Å². The van der Waals surface area contributed by atoms with Gasteiger partial charge in [0.05, 0.1) is 5.57 Å². The number of amides is 3. The topological polar surface area (TPSA) is 92.2 Å². The number of hydrogen-bond acceptors (Lipinski definition) is 4. The van der Waals surface area contributed by atoms with E-state index in [9.17, 15) is 14.4 Å². The number of carbonyl (C=O) groups excluding carboxylic acids is 3. The van der Waals surface area contributed by atoms with Crippen LogP contribution in [0.1, 0.15) is 18.2 Å². The standard InChI is InChI=1S/C24H22N4O3/c1-14(29)25-12-15-11-19-20(17-9-5-6-10-18(17)28(19)13-15)21-22(24(31)27-23(21)30)26-16-7-3-2-4-8-16/h2-10,15H,11-13H2,1H3,(H,25,29)(H2,26,27,30,31)/t15-/m1/s1. The molecule has 1 atom stereocenters. The van der Waals surface area contributed by atoms with Crippen molar-refractivity contribution < 1.29 is 14.4 Å². The SMILES string of the molecule is CC(=O)NC[C@H]1Cc2c(C3=C(Nc4ccccc4)C(=O)NC3=O)c3ccccc3n2C1. The van der Waals surface area contributed by atoms with Crippen LogP contribution in [-0.2, 0) is 27.3 Å². The number of benzene rings is 2. The van der Waals surface area contributed by atoms with Gasteiger partial charge in [0.15, 0.2) is 0 Å². The molecule has 31 heavy (non-hydrogen) atoms. The zero-order chi connectivity index (χ0) is 21.5. The summed E-state index contributed by atoms with van der Waals surface area (Å²) < 4.78 is 2.21. The molecule has 0 aliphatic carbocycles. The summed E-state index contributed by atoms with van der Waals surface area (Å²) in [5.41, 5.74) is 4.21. The Labute approximate surface area is 179 Å². The molecule has 0 spiro atoms. The van der Waals surface area contributed by atoms with Crippen LogP contribution < -0.4 is 16.0 Å². The first kappa shape index (κ1) is 19.1. The van der Waals surface area contributed by atoms with E-state index in [1.807, 2.05) is 54.6 Å². The van der Waals surface area contributed by atoms with Crippen molar-refractivity contribution in [3.05, 3.63) is 71.6 Å². The highest BCUT2D eigenvalue weighted by atomic mass is 16.2. The van der Waals surface area contributed by atoms with Gasteiger partial charge in [0, 0.05) is 47.9 Å². The molecular weight excluding hydrogens is 392 g/mol. The van der Waals surface area contributed by atoms with Crippen LogP contribution in [0.15, 0.2) is 60.3 Å². The van der Waals surface area contributed by atoms with Gasteiger partial charge in [-0.05, 0) is 30.5 Å². The summed E-state index contributed by atoms with van der Waals surface area (Å²) >= 11 is 0. The fourth-order valence-corrected chi connectivity index (χ4v) is 4.56.